The van der Waals surface area contributed by atoms with E-state index in [1.54, 1.807) is 29.2 Å². The van der Waals surface area contributed by atoms with Gasteiger partial charge in [0.25, 0.3) is 0 Å². The summed E-state index contributed by atoms with van der Waals surface area (Å²) in [5.41, 5.74) is 6.56. The van der Waals surface area contributed by atoms with Gasteiger partial charge in [0.15, 0.2) is 0 Å². The van der Waals surface area contributed by atoms with E-state index in [1.807, 2.05) is 0 Å². The minimum Gasteiger partial charge on any atom is -0.346 e. The summed E-state index contributed by atoms with van der Waals surface area (Å²) in [6.07, 6.45) is 1.46. The highest BCUT2D eigenvalue weighted by Gasteiger charge is 2.21. The lowest BCUT2D eigenvalue weighted by molar-refractivity contribution is -0.123. The monoisotopic (exact) mass is 290 g/mol. The van der Waals surface area contributed by atoms with Crippen LogP contribution >= 0.6 is 0 Å². The molecule has 1 fully saturated rings. The molecule has 1 heterocycles. The van der Waals surface area contributed by atoms with E-state index in [-0.39, 0.29) is 30.8 Å². The first-order valence-electron chi connectivity index (χ1n) is 6.77. The maximum absolute atomic E-state index is 11.6. The lowest BCUT2D eigenvalue weighted by atomic mass is 10.2. The second-order valence-corrected chi connectivity index (χ2v) is 4.72. The van der Waals surface area contributed by atoms with Crippen LogP contribution in [0.15, 0.2) is 24.3 Å². The van der Waals surface area contributed by atoms with Crippen LogP contribution in [0.25, 0.3) is 0 Å². The van der Waals surface area contributed by atoms with Gasteiger partial charge in [0.1, 0.15) is 0 Å². The molecule has 21 heavy (non-hydrogen) atoms. The van der Waals surface area contributed by atoms with Crippen molar-refractivity contribution in [1.29, 1.82) is 0 Å². The maximum atomic E-state index is 11.6. The highest BCUT2D eigenvalue weighted by molar-refractivity contribution is 5.97. The quantitative estimate of drug-likeness (QED) is 0.700. The molecule has 7 heteroatoms. The summed E-state index contributed by atoms with van der Waals surface area (Å²) >= 11 is 0. The fourth-order valence-corrected chi connectivity index (χ4v) is 2.10. The van der Waals surface area contributed by atoms with E-state index in [4.69, 9.17) is 5.73 Å². The predicted octanol–water partition coefficient (Wildman–Crippen LogP) is -0.173. The van der Waals surface area contributed by atoms with Gasteiger partial charge < -0.3 is 21.3 Å². The lowest BCUT2D eigenvalue weighted by Crippen LogP contribution is -2.36. The van der Waals surface area contributed by atoms with Crippen LogP contribution in [0, 0.1) is 0 Å². The van der Waals surface area contributed by atoms with Crippen LogP contribution in [-0.2, 0) is 14.4 Å². The molecule has 3 amide bonds. The molecule has 0 bridgehead atoms. The molecule has 0 aromatic heterocycles. The van der Waals surface area contributed by atoms with E-state index in [0.717, 1.165) is 18.7 Å². The number of anilines is 2. The van der Waals surface area contributed by atoms with Crippen molar-refractivity contribution in [1.82, 2.24) is 5.32 Å². The fourth-order valence-electron chi connectivity index (χ4n) is 2.10. The number of benzene rings is 1. The van der Waals surface area contributed by atoms with E-state index in [9.17, 15) is 14.4 Å². The van der Waals surface area contributed by atoms with Gasteiger partial charge in [-0.25, -0.2) is 0 Å². The number of carbonyl (C=O) groups is 3. The first-order valence-corrected chi connectivity index (χ1v) is 6.77. The zero-order valence-corrected chi connectivity index (χ0v) is 11.6. The first kappa shape index (κ1) is 15.0. The summed E-state index contributed by atoms with van der Waals surface area (Å²) in [5.74, 6) is -0.592. The molecular weight excluding hydrogens is 272 g/mol. The Bertz CT molecular complexity index is 542. The van der Waals surface area contributed by atoms with Crippen molar-refractivity contribution >= 4 is 29.1 Å². The zero-order chi connectivity index (χ0) is 15.2. The third-order valence-electron chi connectivity index (χ3n) is 3.17. The van der Waals surface area contributed by atoms with Crippen molar-refractivity contribution in [2.75, 3.05) is 29.9 Å². The largest absolute Gasteiger partial charge is 0.346 e. The Kier molecular flexibility index (Phi) is 4.89. The molecule has 0 aliphatic carbocycles. The molecular formula is C14H18N4O3. The van der Waals surface area contributed by atoms with Gasteiger partial charge in [-0.2, -0.15) is 0 Å². The Morgan fingerprint density at radius 1 is 1.19 bits per heavy atom. The average Bonchev–Trinajstić information content (AvgIpc) is 2.91. The van der Waals surface area contributed by atoms with E-state index >= 15 is 0 Å². The van der Waals surface area contributed by atoms with Gasteiger partial charge in [0.05, 0.1) is 13.1 Å². The van der Waals surface area contributed by atoms with Crippen LogP contribution in [0.3, 0.4) is 0 Å². The number of hydrogen-bond donors (Lipinski definition) is 3. The molecule has 1 aromatic rings. The summed E-state index contributed by atoms with van der Waals surface area (Å²) in [5, 5.41) is 5.04. The molecule has 2 rings (SSSR count). The van der Waals surface area contributed by atoms with Gasteiger partial charge in [-0.05, 0) is 30.7 Å². The van der Waals surface area contributed by atoms with Crippen molar-refractivity contribution in [2.24, 2.45) is 5.73 Å². The molecule has 4 N–H and O–H groups in total. The van der Waals surface area contributed by atoms with Gasteiger partial charge in [-0.15, -0.1) is 0 Å². The van der Waals surface area contributed by atoms with Crippen LogP contribution in [0.1, 0.15) is 12.8 Å². The summed E-state index contributed by atoms with van der Waals surface area (Å²) < 4.78 is 0. The number of nitrogens with zero attached hydrogens (tertiary/aromatic N) is 1. The third-order valence-corrected chi connectivity index (χ3v) is 3.17. The Morgan fingerprint density at radius 2 is 1.90 bits per heavy atom. The molecule has 0 saturated carbocycles. The molecule has 112 valence electrons. The zero-order valence-electron chi connectivity index (χ0n) is 11.6. The lowest BCUT2D eigenvalue weighted by Gasteiger charge is -2.16. The van der Waals surface area contributed by atoms with E-state index < -0.39 is 0 Å². The number of nitrogens with one attached hydrogen (secondary N) is 2. The van der Waals surface area contributed by atoms with Gasteiger partial charge in [0.2, 0.25) is 17.7 Å². The van der Waals surface area contributed by atoms with Gasteiger partial charge in [-0.1, -0.05) is 0 Å². The second-order valence-electron chi connectivity index (χ2n) is 4.72. The molecule has 1 saturated heterocycles. The van der Waals surface area contributed by atoms with Crippen LogP contribution < -0.4 is 21.3 Å². The summed E-state index contributed by atoms with van der Waals surface area (Å²) in [7, 11) is 0. The Balaban J connectivity index is 1.89. The molecule has 0 spiro atoms. The molecule has 0 atom stereocenters. The highest BCUT2D eigenvalue weighted by Crippen LogP contribution is 2.22. The Hall–Kier alpha value is -2.41. The molecule has 0 radical (unpaired) electrons. The van der Waals surface area contributed by atoms with Crippen molar-refractivity contribution in [3.63, 3.8) is 0 Å². The smallest absolute Gasteiger partial charge is 0.243 e. The Labute approximate surface area is 122 Å². The van der Waals surface area contributed by atoms with E-state index in [0.29, 0.717) is 12.1 Å². The number of rotatable bonds is 5. The minimum absolute atomic E-state index is 0.122. The minimum atomic E-state index is -0.381. The number of carbonyl (C=O) groups excluding carboxylic acids is 3. The van der Waals surface area contributed by atoms with Crippen LogP contribution in [0.4, 0.5) is 11.4 Å². The van der Waals surface area contributed by atoms with E-state index in [2.05, 4.69) is 10.6 Å². The molecule has 0 unspecified atom stereocenters. The van der Waals surface area contributed by atoms with Gasteiger partial charge in [0, 0.05) is 24.3 Å². The third kappa shape index (κ3) is 4.03. The van der Waals surface area contributed by atoms with Crippen molar-refractivity contribution in [3.05, 3.63) is 24.3 Å². The number of nitrogens with two attached hydrogens (primary N) is 1. The fraction of sp³-hybridized carbons (Fsp3) is 0.357. The normalized spacial score (nSPS) is 14.1. The van der Waals surface area contributed by atoms with Crippen LogP contribution in [0.2, 0.25) is 0 Å². The standard InChI is InChI=1S/C14H18N4O3/c15-8-12(19)16-9-13(20)17-10-3-5-11(6-4-10)18-7-1-2-14(18)21/h3-6H,1-2,7-9,15H2,(H,16,19)(H,17,20). The molecule has 1 aliphatic heterocycles. The van der Waals surface area contributed by atoms with Gasteiger partial charge >= 0.3 is 0 Å². The average molecular weight is 290 g/mol. The Morgan fingerprint density at radius 3 is 2.48 bits per heavy atom. The van der Waals surface area contributed by atoms with Crippen molar-refractivity contribution < 1.29 is 14.4 Å². The van der Waals surface area contributed by atoms with Crippen molar-refractivity contribution in [2.45, 2.75) is 12.8 Å². The summed E-state index contributed by atoms with van der Waals surface area (Å²) in [6.45, 7) is 0.462. The predicted molar refractivity (Wildman–Crippen MR) is 78.7 cm³/mol. The van der Waals surface area contributed by atoms with Gasteiger partial charge in [-0.3, -0.25) is 14.4 Å². The van der Waals surface area contributed by atoms with Crippen LogP contribution in [-0.4, -0.2) is 37.4 Å². The van der Waals surface area contributed by atoms with Crippen LogP contribution in [0.5, 0.6) is 0 Å². The topological polar surface area (TPSA) is 105 Å². The number of hydrogen-bond acceptors (Lipinski definition) is 4. The van der Waals surface area contributed by atoms with Crippen molar-refractivity contribution in [3.8, 4) is 0 Å². The maximum Gasteiger partial charge on any atom is 0.243 e. The summed E-state index contributed by atoms with van der Waals surface area (Å²) in [6, 6.07) is 7.03. The molecule has 1 aromatic carbocycles. The molecule has 1 aliphatic rings. The van der Waals surface area contributed by atoms with E-state index in [1.165, 1.54) is 0 Å². The second kappa shape index (κ2) is 6.85. The molecule has 7 nitrogen and oxygen atoms in total. The SMILES string of the molecule is NCC(=O)NCC(=O)Nc1ccc(N2CCCC2=O)cc1. The first-order chi connectivity index (χ1) is 10.1. The summed E-state index contributed by atoms with van der Waals surface area (Å²) in [4.78, 5) is 35.9. The number of amides is 3. The highest BCUT2D eigenvalue weighted by atomic mass is 16.2.